The van der Waals surface area contributed by atoms with E-state index in [1.807, 2.05) is 13.8 Å². The molecule has 3 aromatic rings. The highest BCUT2D eigenvalue weighted by molar-refractivity contribution is 6.31. The van der Waals surface area contributed by atoms with Crippen LogP contribution in [0.5, 0.6) is 5.75 Å². The van der Waals surface area contributed by atoms with Gasteiger partial charge in [-0.1, -0.05) is 31.9 Å². The summed E-state index contributed by atoms with van der Waals surface area (Å²) in [6, 6.07) is 3.36. The molecule has 148 valence electrons. The summed E-state index contributed by atoms with van der Waals surface area (Å²) < 4.78 is 14.8. The molecule has 28 heavy (non-hydrogen) atoms. The monoisotopic (exact) mass is 404 g/mol. The van der Waals surface area contributed by atoms with Crippen LogP contribution in [0.2, 0.25) is 5.02 Å². The molecule has 3 heterocycles. The molecule has 0 saturated carbocycles. The lowest BCUT2D eigenvalue weighted by molar-refractivity contribution is 0.0746. The minimum atomic E-state index is -0.594. The number of phenolic OH excluding ortho intramolecular Hbond substituents is 1. The van der Waals surface area contributed by atoms with Crippen LogP contribution in [0.4, 0.5) is 4.39 Å². The van der Waals surface area contributed by atoms with Crippen molar-refractivity contribution in [1.29, 1.82) is 0 Å². The molecule has 0 unspecified atom stereocenters. The van der Waals surface area contributed by atoms with Gasteiger partial charge in [-0.3, -0.25) is 4.79 Å². The highest BCUT2D eigenvalue weighted by Gasteiger charge is 2.31. The van der Waals surface area contributed by atoms with Crippen molar-refractivity contribution in [2.75, 3.05) is 0 Å². The van der Waals surface area contributed by atoms with Crippen LogP contribution in [-0.2, 0) is 13.1 Å². The van der Waals surface area contributed by atoms with Crippen molar-refractivity contribution in [2.45, 2.75) is 47.2 Å². The first-order valence-corrected chi connectivity index (χ1v) is 9.47. The van der Waals surface area contributed by atoms with E-state index in [1.165, 1.54) is 12.5 Å². The number of rotatable bonds is 1. The van der Waals surface area contributed by atoms with Crippen LogP contribution in [0.3, 0.4) is 0 Å². The largest absolute Gasteiger partial charge is 0.507 e. The molecule has 6 nitrogen and oxygen atoms in total. The SMILES string of the molecule is CCC.Cc1nc2c3c(nn2c(C)c1Cl)CN(C(=O)c1ccc(F)cc1O)C3. The Bertz CT molecular complexity index is 1060. The number of aryl methyl sites for hydroxylation is 2. The summed E-state index contributed by atoms with van der Waals surface area (Å²) in [4.78, 5) is 18.7. The standard InChI is InChI=1S/C17H14ClFN4O2.C3H8/c1-8-15(18)9(2)23-16(20-8)12-6-22(7-13(12)21-23)17(25)11-4-3-10(19)5-14(11)24;1-3-2/h3-5,24H,6-7H2,1-2H3;3H2,1-2H3. The zero-order valence-electron chi connectivity index (χ0n) is 16.3. The average Bonchev–Trinajstić information content (AvgIpc) is 3.19. The number of fused-ring (bicyclic) bond motifs is 3. The van der Waals surface area contributed by atoms with E-state index in [-0.39, 0.29) is 17.2 Å². The third-order valence-electron chi connectivity index (χ3n) is 4.43. The molecular weight excluding hydrogens is 383 g/mol. The van der Waals surface area contributed by atoms with E-state index in [0.29, 0.717) is 29.5 Å². The fraction of sp³-hybridized carbons (Fsp3) is 0.350. The summed E-state index contributed by atoms with van der Waals surface area (Å²) in [7, 11) is 0. The van der Waals surface area contributed by atoms with Crippen LogP contribution in [0.1, 0.15) is 53.3 Å². The number of amides is 1. The van der Waals surface area contributed by atoms with Gasteiger partial charge in [0.2, 0.25) is 0 Å². The second-order valence-corrected chi connectivity index (χ2v) is 7.17. The van der Waals surface area contributed by atoms with Gasteiger partial charge in [-0.05, 0) is 26.0 Å². The lowest BCUT2D eigenvalue weighted by atomic mass is 10.1. The third-order valence-corrected chi connectivity index (χ3v) is 4.98. The Morgan fingerprint density at radius 1 is 1.29 bits per heavy atom. The van der Waals surface area contributed by atoms with Crippen molar-refractivity contribution in [2.24, 2.45) is 0 Å². The number of hydrogen-bond acceptors (Lipinski definition) is 4. The maximum atomic E-state index is 13.1. The molecule has 0 bridgehead atoms. The molecule has 0 radical (unpaired) electrons. The Labute approximate surface area is 167 Å². The van der Waals surface area contributed by atoms with Crippen molar-refractivity contribution >= 4 is 23.2 Å². The summed E-state index contributed by atoms with van der Waals surface area (Å²) in [5, 5.41) is 14.9. The molecule has 1 N–H and O–H groups in total. The van der Waals surface area contributed by atoms with Crippen LogP contribution in [0.25, 0.3) is 5.65 Å². The number of carbonyl (C=O) groups excluding carboxylic acids is 1. The second-order valence-electron chi connectivity index (χ2n) is 6.79. The number of hydrogen-bond donors (Lipinski definition) is 1. The Balaban J connectivity index is 0.000000706. The second kappa shape index (κ2) is 7.75. The summed E-state index contributed by atoms with van der Waals surface area (Å²) in [6.07, 6.45) is 1.25. The van der Waals surface area contributed by atoms with Crippen LogP contribution in [0, 0.1) is 19.7 Å². The molecule has 0 saturated heterocycles. The van der Waals surface area contributed by atoms with Crippen LogP contribution in [0.15, 0.2) is 18.2 Å². The van der Waals surface area contributed by atoms with Gasteiger partial charge in [0, 0.05) is 11.6 Å². The number of phenols is 1. The Hall–Kier alpha value is -2.67. The molecule has 1 amide bonds. The summed E-state index contributed by atoms with van der Waals surface area (Å²) in [5.41, 5.74) is 3.84. The predicted octanol–water partition coefficient (Wildman–Crippen LogP) is 4.42. The van der Waals surface area contributed by atoms with Gasteiger partial charge in [0.1, 0.15) is 11.6 Å². The number of aromatic nitrogens is 3. The number of nitrogens with zero attached hydrogens (tertiary/aromatic N) is 4. The number of benzene rings is 1. The first-order chi connectivity index (χ1) is 13.3. The van der Waals surface area contributed by atoms with Gasteiger partial charge in [-0.2, -0.15) is 5.10 Å². The number of carbonyl (C=O) groups is 1. The highest BCUT2D eigenvalue weighted by atomic mass is 35.5. The predicted molar refractivity (Wildman–Crippen MR) is 105 cm³/mol. The van der Waals surface area contributed by atoms with E-state index in [4.69, 9.17) is 11.6 Å². The lowest BCUT2D eigenvalue weighted by Crippen LogP contribution is -2.26. The Morgan fingerprint density at radius 3 is 2.61 bits per heavy atom. The molecule has 0 fully saturated rings. The van der Waals surface area contributed by atoms with E-state index in [0.717, 1.165) is 29.1 Å². The summed E-state index contributed by atoms with van der Waals surface area (Å²) >= 11 is 6.22. The minimum absolute atomic E-state index is 0.0619. The smallest absolute Gasteiger partial charge is 0.258 e. The molecule has 8 heteroatoms. The van der Waals surface area contributed by atoms with Gasteiger partial charge in [0.15, 0.2) is 5.65 Å². The van der Waals surface area contributed by atoms with Gasteiger partial charge in [-0.15, -0.1) is 0 Å². The molecule has 0 spiro atoms. The number of halogens is 2. The minimum Gasteiger partial charge on any atom is -0.507 e. The third kappa shape index (κ3) is 3.42. The van der Waals surface area contributed by atoms with Gasteiger partial charge in [0.05, 0.1) is 40.8 Å². The fourth-order valence-electron chi connectivity index (χ4n) is 3.11. The van der Waals surface area contributed by atoms with Crippen LogP contribution >= 0.6 is 11.6 Å². The van der Waals surface area contributed by atoms with Crippen molar-refractivity contribution in [3.63, 3.8) is 0 Å². The van der Waals surface area contributed by atoms with E-state index < -0.39 is 5.82 Å². The Morgan fingerprint density at radius 2 is 1.96 bits per heavy atom. The maximum absolute atomic E-state index is 13.1. The van der Waals surface area contributed by atoms with E-state index >= 15 is 0 Å². The van der Waals surface area contributed by atoms with Crippen molar-refractivity contribution in [3.05, 3.63) is 57.2 Å². The molecule has 2 aromatic heterocycles. The Kier molecular flexibility index (Phi) is 5.56. The van der Waals surface area contributed by atoms with Gasteiger partial charge >= 0.3 is 0 Å². The first-order valence-electron chi connectivity index (χ1n) is 9.09. The topological polar surface area (TPSA) is 70.7 Å². The van der Waals surface area contributed by atoms with Crippen LogP contribution in [-0.4, -0.2) is 30.5 Å². The molecular formula is C20H22ClFN4O2. The zero-order valence-corrected chi connectivity index (χ0v) is 17.0. The van der Waals surface area contributed by atoms with Gasteiger partial charge in [-0.25, -0.2) is 13.9 Å². The quantitative estimate of drug-likeness (QED) is 0.651. The van der Waals surface area contributed by atoms with Gasteiger partial charge in [0.25, 0.3) is 5.91 Å². The summed E-state index contributed by atoms with van der Waals surface area (Å²) in [6.45, 7) is 8.56. The molecule has 4 rings (SSSR count). The van der Waals surface area contributed by atoms with Crippen LogP contribution < -0.4 is 0 Å². The summed E-state index contributed by atoms with van der Waals surface area (Å²) in [5.74, 6) is -1.35. The maximum Gasteiger partial charge on any atom is 0.258 e. The normalized spacial score (nSPS) is 12.7. The highest BCUT2D eigenvalue weighted by Crippen LogP contribution is 2.31. The zero-order chi connectivity index (χ0) is 20.6. The molecule has 1 aromatic carbocycles. The fourth-order valence-corrected chi connectivity index (χ4v) is 3.24. The molecule has 1 aliphatic heterocycles. The van der Waals surface area contributed by atoms with Gasteiger partial charge < -0.3 is 10.0 Å². The van der Waals surface area contributed by atoms with Crippen molar-refractivity contribution in [3.8, 4) is 5.75 Å². The van der Waals surface area contributed by atoms with E-state index in [1.54, 1.807) is 9.42 Å². The average molecular weight is 405 g/mol. The first kappa shape index (κ1) is 20.1. The van der Waals surface area contributed by atoms with E-state index in [2.05, 4.69) is 23.9 Å². The number of aromatic hydroxyl groups is 1. The lowest BCUT2D eigenvalue weighted by Gasteiger charge is -2.16. The van der Waals surface area contributed by atoms with E-state index in [9.17, 15) is 14.3 Å². The van der Waals surface area contributed by atoms with Crippen molar-refractivity contribution in [1.82, 2.24) is 19.5 Å². The molecule has 0 atom stereocenters. The molecule has 0 aliphatic carbocycles. The van der Waals surface area contributed by atoms with Crippen molar-refractivity contribution < 1.29 is 14.3 Å². The molecule has 1 aliphatic rings.